The average Bonchev–Trinajstić information content (AvgIpc) is 2.93. The van der Waals surface area contributed by atoms with Gasteiger partial charge in [0.2, 0.25) is 0 Å². The monoisotopic (exact) mass is 477 g/mol. The Bertz CT molecular complexity index is 976. The second-order valence-electron chi connectivity index (χ2n) is 6.28. The fraction of sp³-hybridized carbons (Fsp3) is 0.238. The highest BCUT2D eigenvalue weighted by atomic mass is 79.9. The molecule has 29 heavy (non-hydrogen) atoms. The zero-order chi connectivity index (χ0) is 21.0. The Balaban J connectivity index is 1.70. The van der Waals surface area contributed by atoms with E-state index >= 15 is 0 Å². The van der Waals surface area contributed by atoms with Gasteiger partial charge in [0.15, 0.2) is 11.5 Å². The number of rotatable bonds is 7. The zero-order valence-electron chi connectivity index (χ0n) is 16.0. The number of aryl methyl sites for hydroxylation is 1. The molecule has 1 aliphatic rings. The number of ether oxygens (including phenoxy) is 2. The van der Waals surface area contributed by atoms with E-state index in [4.69, 9.17) is 9.47 Å². The molecule has 2 amide bonds. The third kappa shape index (κ3) is 5.13. The molecule has 0 aromatic heterocycles. The summed E-state index contributed by atoms with van der Waals surface area (Å²) < 4.78 is 11.5. The second kappa shape index (κ2) is 9.37. The Kier molecular flexibility index (Phi) is 6.87. The maximum atomic E-state index is 12.6. The lowest BCUT2D eigenvalue weighted by molar-refractivity contribution is -0.123. The Morgan fingerprint density at radius 3 is 2.72 bits per heavy atom. The van der Waals surface area contributed by atoms with E-state index in [1.54, 1.807) is 18.2 Å². The van der Waals surface area contributed by atoms with Crippen LogP contribution >= 0.6 is 27.7 Å². The summed E-state index contributed by atoms with van der Waals surface area (Å²) in [5, 5.41) is 9.68. The Morgan fingerprint density at radius 1 is 1.21 bits per heavy atom. The van der Waals surface area contributed by atoms with Crippen LogP contribution in [-0.2, 0) is 4.79 Å². The van der Waals surface area contributed by atoms with Gasteiger partial charge in [-0.2, -0.15) is 0 Å². The largest absolute Gasteiger partial charge is 0.503 e. The summed E-state index contributed by atoms with van der Waals surface area (Å²) in [5.74, 6) is 0.629. The van der Waals surface area contributed by atoms with Gasteiger partial charge in [0.1, 0.15) is 12.4 Å². The SMILES string of the molecule is CCOc1cc(/C=C2\SC(=O)N(CCOc3cccc(C)c3)C2=O)cc(Br)c1O. The molecule has 0 radical (unpaired) electrons. The number of hydrogen-bond acceptors (Lipinski definition) is 6. The van der Waals surface area contributed by atoms with Crippen molar-refractivity contribution in [1.82, 2.24) is 4.90 Å². The number of carbonyl (C=O) groups excluding carboxylic acids is 2. The summed E-state index contributed by atoms with van der Waals surface area (Å²) in [6.45, 7) is 4.55. The minimum atomic E-state index is -0.366. The number of phenolic OH excluding ortho intramolecular Hbond substituents is 1. The molecule has 0 bridgehead atoms. The molecule has 6 nitrogen and oxygen atoms in total. The average molecular weight is 478 g/mol. The van der Waals surface area contributed by atoms with E-state index in [1.165, 1.54) is 4.90 Å². The first-order chi connectivity index (χ1) is 13.9. The molecule has 0 aliphatic carbocycles. The molecule has 152 valence electrons. The smallest absolute Gasteiger partial charge is 0.293 e. The van der Waals surface area contributed by atoms with E-state index in [-0.39, 0.29) is 30.0 Å². The number of amides is 2. The van der Waals surface area contributed by atoms with Crippen molar-refractivity contribution in [2.45, 2.75) is 13.8 Å². The topological polar surface area (TPSA) is 76.1 Å². The first-order valence-electron chi connectivity index (χ1n) is 8.99. The van der Waals surface area contributed by atoms with Gasteiger partial charge in [0, 0.05) is 0 Å². The predicted molar refractivity (Wildman–Crippen MR) is 116 cm³/mol. The number of phenols is 1. The number of halogens is 1. The van der Waals surface area contributed by atoms with Gasteiger partial charge in [-0.25, -0.2) is 0 Å². The summed E-state index contributed by atoms with van der Waals surface area (Å²) in [7, 11) is 0. The number of carbonyl (C=O) groups is 2. The second-order valence-corrected chi connectivity index (χ2v) is 8.13. The lowest BCUT2D eigenvalue weighted by Gasteiger charge is -2.13. The van der Waals surface area contributed by atoms with Crippen LogP contribution in [0, 0.1) is 6.92 Å². The third-order valence-corrected chi connectivity index (χ3v) is 5.61. The first-order valence-corrected chi connectivity index (χ1v) is 10.6. The lowest BCUT2D eigenvalue weighted by Crippen LogP contribution is -2.32. The molecule has 1 aliphatic heterocycles. The Hall–Kier alpha value is -2.45. The van der Waals surface area contributed by atoms with Gasteiger partial charge in [0.05, 0.1) is 22.5 Å². The van der Waals surface area contributed by atoms with E-state index in [0.717, 1.165) is 17.3 Å². The minimum Gasteiger partial charge on any atom is -0.503 e. The van der Waals surface area contributed by atoms with Gasteiger partial charge in [-0.15, -0.1) is 0 Å². The summed E-state index contributed by atoms with van der Waals surface area (Å²) in [6.07, 6.45) is 1.61. The maximum Gasteiger partial charge on any atom is 0.293 e. The highest BCUT2D eigenvalue weighted by molar-refractivity contribution is 9.10. The molecule has 1 saturated heterocycles. The van der Waals surface area contributed by atoms with Crippen molar-refractivity contribution in [3.05, 3.63) is 56.9 Å². The van der Waals surface area contributed by atoms with Gasteiger partial charge < -0.3 is 14.6 Å². The van der Waals surface area contributed by atoms with Crippen molar-refractivity contribution in [2.75, 3.05) is 19.8 Å². The van der Waals surface area contributed by atoms with Crippen molar-refractivity contribution in [2.24, 2.45) is 0 Å². The van der Waals surface area contributed by atoms with Crippen LogP contribution in [0.15, 0.2) is 45.8 Å². The van der Waals surface area contributed by atoms with E-state index in [9.17, 15) is 14.7 Å². The molecule has 0 atom stereocenters. The quantitative estimate of drug-likeness (QED) is 0.566. The number of aromatic hydroxyl groups is 1. The summed E-state index contributed by atoms with van der Waals surface area (Å²) in [6, 6.07) is 10.9. The molecule has 0 spiro atoms. The van der Waals surface area contributed by atoms with Crippen molar-refractivity contribution in [3.63, 3.8) is 0 Å². The van der Waals surface area contributed by atoms with Gasteiger partial charge in [-0.3, -0.25) is 14.5 Å². The van der Waals surface area contributed by atoms with Crippen LogP contribution in [0.2, 0.25) is 0 Å². The van der Waals surface area contributed by atoms with Gasteiger partial charge in [0.25, 0.3) is 11.1 Å². The molecule has 1 heterocycles. The molecule has 2 aromatic carbocycles. The van der Waals surface area contributed by atoms with Crippen LogP contribution in [-0.4, -0.2) is 40.9 Å². The summed E-state index contributed by atoms with van der Waals surface area (Å²) in [4.78, 5) is 26.4. The highest BCUT2D eigenvalue weighted by Gasteiger charge is 2.34. The highest BCUT2D eigenvalue weighted by Crippen LogP contribution is 2.38. The number of benzene rings is 2. The van der Waals surface area contributed by atoms with Crippen molar-refractivity contribution in [3.8, 4) is 17.2 Å². The standard InChI is InChI=1S/C21H20BrNO5S/c1-3-27-17-11-14(10-16(22)19(17)24)12-18-20(25)23(21(26)29-18)7-8-28-15-6-4-5-13(2)9-15/h4-6,9-12,24H,3,7-8H2,1-2H3/b18-12-. The van der Waals surface area contributed by atoms with E-state index in [2.05, 4.69) is 15.9 Å². The summed E-state index contributed by atoms with van der Waals surface area (Å²) >= 11 is 4.15. The fourth-order valence-corrected chi connectivity index (χ4v) is 4.07. The van der Waals surface area contributed by atoms with Crippen molar-refractivity contribution < 1.29 is 24.2 Å². The van der Waals surface area contributed by atoms with Crippen LogP contribution < -0.4 is 9.47 Å². The maximum absolute atomic E-state index is 12.6. The van der Waals surface area contributed by atoms with Crippen molar-refractivity contribution in [1.29, 1.82) is 0 Å². The molecule has 0 saturated carbocycles. The molecule has 2 aromatic rings. The molecule has 0 unspecified atom stereocenters. The van der Waals surface area contributed by atoms with E-state index in [0.29, 0.717) is 33.0 Å². The number of nitrogens with zero attached hydrogens (tertiary/aromatic N) is 1. The normalized spacial score (nSPS) is 15.3. The van der Waals surface area contributed by atoms with E-state index in [1.807, 2.05) is 38.1 Å². The minimum absolute atomic E-state index is 0.00889. The predicted octanol–water partition coefficient (Wildman–Crippen LogP) is 4.98. The number of hydrogen-bond donors (Lipinski definition) is 1. The molecule has 8 heteroatoms. The van der Waals surface area contributed by atoms with Gasteiger partial charge >= 0.3 is 0 Å². The first kappa shape index (κ1) is 21.3. The van der Waals surface area contributed by atoms with Crippen LogP contribution in [0.1, 0.15) is 18.1 Å². The number of imide groups is 1. The molecule has 1 N–H and O–H groups in total. The molecular formula is C21H20BrNO5S. The van der Waals surface area contributed by atoms with Crippen LogP contribution in [0.3, 0.4) is 0 Å². The van der Waals surface area contributed by atoms with Crippen LogP contribution in [0.5, 0.6) is 17.2 Å². The van der Waals surface area contributed by atoms with Crippen LogP contribution in [0.25, 0.3) is 6.08 Å². The van der Waals surface area contributed by atoms with Crippen LogP contribution in [0.4, 0.5) is 4.79 Å². The fourth-order valence-electron chi connectivity index (χ4n) is 2.75. The Labute approximate surface area is 181 Å². The molecular weight excluding hydrogens is 458 g/mol. The third-order valence-electron chi connectivity index (χ3n) is 4.10. The van der Waals surface area contributed by atoms with Gasteiger partial charge in [-0.1, -0.05) is 12.1 Å². The lowest BCUT2D eigenvalue weighted by atomic mass is 10.2. The van der Waals surface area contributed by atoms with Gasteiger partial charge in [-0.05, 0) is 83.0 Å². The Morgan fingerprint density at radius 2 is 2.00 bits per heavy atom. The molecule has 3 rings (SSSR count). The molecule has 1 fully saturated rings. The number of thioether (sulfide) groups is 1. The summed E-state index contributed by atoms with van der Waals surface area (Å²) in [5.41, 5.74) is 1.71. The van der Waals surface area contributed by atoms with E-state index < -0.39 is 0 Å². The zero-order valence-corrected chi connectivity index (χ0v) is 18.4. The van der Waals surface area contributed by atoms with Crippen molar-refractivity contribution >= 4 is 44.9 Å².